The van der Waals surface area contributed by atoms with E-state index in [9.17, 15) is 4.79 Å². The molecule has 0 N–H and O–H groups in total. The standard InChI is InChI=1S/C13H26BrN3O/c1-15(2)10-11-17(13(18)4-7-14)12-5-8-16(3)9-6-12/h12H,4-11H2,1-3H3. The highest BCUT2D eigenvalue weighted by molar-refractivity contribution is 9.09. The van der Waals surface area contributed by atoms with Crippen molar-refractivity contribution in [2.45, 2.75) is 25.3 Å². The van der Waals surface area contributed by atoms with Crippen molar-refractivity contribution in [2.24, 2.45) is 0 Å². The van der Waals surface area contributed by atoms with Gasteiger partial charge < -0.3 is 14.7 Å². The van der Waals surface area contributed by atoms with Crippen molar-refractivity contribution in [1.82, 2.24) is 14.7 Å². The zero-order valence-corrected chi connectivity index (χ0v) is 13.4. The number of hydrogen-bond donors (Lipinski definition) is 0. The van der Waals surface area contributed by atoms with E-state index in [4.69, 9.17) is 0 Å². The van der Waals surface area contributed by atoms with Crippen LogP contribution in [0, 0.1) is 0 Å². The van der Waals surface area contributed by atoms with Crippen molar-refractivity contribution in [1.29, 1.82) is 0 Å². The SMILES string of the molecule is CN(C)CCN(C(=O)CCBr)C1CCN(C)CC1. The molecule has 0 bridgehead atoms. The first kappa shape index (κ1) is 15.9. The predicted octanol–water partition coefficient (Wildman–Crippen LogP) is 1.26. The minimum Gasteiger partial charge on any atom is -0.338 e. The summed E-state index contributed by atoms with van der Waals surface area (Å²) in [6.07, 6.45) is 2.83. The Balaban J connectivity index is 2.55. The van der Waals surface area contributed by atoms with Gasteiger partial charge in [-0.15, -0.1) is 0 Å². The molecule has 0 atom stereocenters. The average Bonchev–Trinajstić information content (AvgIpc) is 2.31. The van der Waals surface area contributed by atoms with Crippen LogP contribution in [0.3, 0.4) is 0 Å². The monoisotopic (exact) mass is 319 g/mol. The zero-order valence-electron chi connectivity index (χ0n) is 11.9. The number of amides is 1. The van der Waals surface area contributed by atoms with Gasteiger partial charge in [0, 0.05) is 30.9 Å². The Hall–Kier alpha value is -0.130. The third-order valence-electron chi connectivity index (χ3n) is 3.55. The summed E-state index contributed by atoms with van der Waals surface area (Å²) >= 11 is 3.37. The summed E-state index contributed by atoms with van der Waals surface area (Å²) in [5, 5.41) is 0.761. The molecule has 1 saturated heterocycles. The highest BCUT2D eigenvalue weighted by atomic mass is 79.9. The molecule has 5 heteroatoms. The predicted molar refractivity (Wildman–Crippen MR) is 79.2 cm³/mol. The lowest BCUT2D eigenvalue weighted by atomic mass is 10.0. The zero-order chi connectivity index (χ0) is 13.5. The first-order valence-corrected chi connectivity index (χ1v) is 7.85. The summed E-state index contributed by atoms with van der Waals surface area (Å²) in [6.45, 7) is 4.00. The maximum atomic E-state index is 12.2. The van der Waals surface area contributed by atoms with Crippen molar-refractivity contribution in [2.75, 3.05) is 52.7 Å². The van der Waals surface area contributed by atoms with Gasteiger partial charge in [-0.05, 0) is 47.1 Å². The molecular formula is C13H26BrN3O. The molecule has 106 valence electrons. The van der Waals surface area contributed by atoms with Crippen LogP contribution >= 0.6 is 15.9 Å². The third-order valence-corrected chi connectivity index (χ3v) is 3.94. The van der Waals surface area contributed by atoms with Crippen LogP contribution in [0.2, 0.25) is 0 Å². The third kappa shape index (κ3) is 5.24. The van der Waals surface area contributed by atoms with Gasteiger partial charge >= 0.3 is 0 Å². The number of halogens is 1. The van der Waals surface area contributed by atoms with Crippen molar-refractivity contribution in [3.8, 4) is 0 Å². The molecule has 0 saturated carbocycles. The van der Waals surface area contributed by atoms with Gasteiger partial charge in [-0.2, -0.15) is 0 Å². The fourth-order valence-electron chi connectivity index (χ4n) is 2.35. The van der Waals surface area contributed by atoms with Crippen LogP contribution in [-0.4, -0.2) is 79.3 Å². The lowest BCUT2D eigenvalue weighted by Crippen LogP contribution is -2.48. The second-order valence-corrected chi connectivity index (χ2v) is 6.16. The van der Waals surface area contributed by atoms with E-state index in [1.54, 1.807) is 0 Å². The molecular weight excluding hydrogens is 294 g/mol. The lowest BCUT2D eigenvalue weighted by Gasteiger charge is -2.38. The molecule has 0 aromatic heterocycles. The molecule has 0 unspecified atom stereocenters. The van der Waals surface area contributed by atoms with E-state index in [0.717, 1.165) is 44.4 Å². The Morgan fingerprint density at radius 3 is 2.39 bits per heavy atom. The number of nitrogens with zero attached hydrogens (tertiary/aromatic N) is 3. The molecule has 4 nitrogen and oxygen atoms in total. The van der Waals surface area contributed by atoms with Crippen LogP contribution < -0.4 is 0 Å². The average molecular weight is 320 g/mol. The molecule has 18 heavy (non-hydrogen) atoms. The van der Waals surface area contributed by atoms with Crippen molar-refractivity contribution < 1.29 is 4.79 Å². The minimum absolute atomic E-state index is 0.295. The summed E-state index contributed by atoms with van der Waals surface area (Å²) in [4.78, 5) is 18.8. The van der Waals surface area contributed by atoms with E-state index in [-0.39, 0.29) is 0 Å². The van der Waals surface area contributed by atoms with Gasteiger partial charge in [-0.1, -0.05) is 15.9 Å². The Kier molecular flexibility index (Phi) is 7.19. The van der Waals surface area contributed by atoms with Crippen molar-refractivity contribution >= 4 is 21.8 Å². The number of hydrogen-bond acceptors (Lipinski definition) is 3. The molecule has 1 heterocycles. The topological polar surface area (TPSA) is 26.8 Å². The highest BCUT2D eigenvalue weighted by Crippen LogP contribution is 2.16. The normalized spacial score (nSPS) is 18.3. The van der Waals surface area contributed by atoms with E-state index in [1.165, 1.54) is 0 Å². The number of alkyl halides is 1. The number of likely N-dealkylation sites (tertiary alicyclic amines) is 1. The van der Waals surface area contributed by atoms with Gasteiger partial charge in [0.25, 0.3) is 0 Å². The molecule has 1 aliphatic heterocycles. The second kappa shape index (κ2) is 8.12. The van der Waals surface area contributed by atoms with E-state index in [0.29, 0.717) is 18.4 Å². The molecule has 0 radical (unpaired) electrons. The van der Waals surface area contributed by atoms with Crippen LogP contribution in [0.15, 0.2) is 0 Å². The van der Waals surface area contributed by atoms with Crippen LogP contribution in [0.5, 0.6) is 0 Å². The number of likely N-dealkylation sites (N-methyl/N-ethyl adjacent to an activating group) is 1. The van der Waals surface area contributed by atoms with Gasteiger partial charge in [0.2, 0.25) is 5.91 Å². The van der Waals surface area contributed by atoms with Crippen LogP contribution in [0.1, 0.15) is 19.3 Å². The van der Waals surface area contributed by atoms with Crippen molar-refractivity contribution in [3.63, 3.8) is 0 Å². The van der Waals surface area contributed by atoms with Crippen molar-refractivity contribution in [3.05, 3.63) is 0 Å². The largest absolute Gasteiger partial charge is 0.338 e. The Labute approximate surface area is 119 Å². The second-order valence-electron chi connectivity index (χ2n) is 5.36. The van der Waals surface area contributed by atoms with Gasteiger partial charge in [0.15, 0.2) is 0 Å². The molecule has 0 aliphatic carbocycles. The maximum Gasteiger partial charge on any atom is 0.223 e. The van der Waals surface area contributed by atoms with Crippen LogP contribution in [-0.2, 0) is 4.79 Å². The molecule has 1 amide bonds. The van der Waals surface area contributed by atoms with E-state index in [2.05, 4.69) is 51.8 Å². The van der Waals surface area contributed by atoms with Gasteiger partial charge in [0.1, 0.15) is 0 Å². The minimum atomic E-state index is 0.295. The summed E-state index contributed by atoms with van der Waals surface area (Å²) in [6, 6.07) is 0.438. The lowest BCUT2D eigenvalue weighted by molar-refractivity contribution is -0.134. The quantitative estimate of drug-likeness (QED) is 0.690. The van der Waals surface area contributed by atoms with E-state index in [1.807, 2.05) is 0 Å². The Morgan fingerprint density at radius 1 is 1.28 bits per heavy atom. The highest BCUT2D eigenvalue weighted by Gasteiger charge is 2.26. The molecule has 1 fully saturated rings. The first-order chi connectivity index (χ1) is 8.54. The summed E-state index contributed by atoms with van der Waals surface area (Å²) < 4.78 is 0. The first-order valence-electron chi connectivity index (χ1n) is 6.73. The molecule has 0 aromatic rings. The van der Waals surface area contributed by atoms with Crippen LogP contribution in [0.25, 0.3) is 0 Å². The van der Waals surface area contributed by atoms with Crippen LogP contribution in [0.4, 0.5) is 0 Å². The van der Waals surface area contributed by atoms with E-state index >= 15 is 0 Å². The number of rotatable bonds is 6. The van der Waals surface area contributed by atoms with Gasteiger partial charge in [0.05, 0.1) is 0 Å². The summed E-state index contributed by atoms with van der Waals surface area (Å²) in [5.74, 6) is 0.295. The number of carbonyl (C=O) groups is 1. The number of carbonyl (C=O) groups excluding carboxylic acids is 1. The summed E-state index contributed by atoms with van der Waals surface area (Å²) in [5.41, 5.74) is 0. The van der Waals surface area contributed by atoms with E-state index < -0.39 is 0 Å². The fraction of sp³-hybridized carbons (Fsp3) is 0.923. The fourth-order valence-corrected chi connectivity index (χ4v) is 2.69. The molecule has 1 aliphatic rings. The molecule has 0 aromatic carbocycles. The van der Waals surface area contributed by atoms with Gasteiger partial charge in [-0.25, -0.2) is 0 Å². The maximum absolute atomic E-state index is 12.2. The summed E-state index contributed by atoms with van der Waals surface area (Å²) in [7, 11) is 6.27. The number of piperidine rings is 1. The Morgan fingerprint density at radius 2 is 1.89 bits per heavy atom. The van der Waals surface area contributed by atoms with Gasteiger partial charge in [-0.3, -0.25) is 4.79 Å². The smallest absolute Gasteiger partial charge is 0.223 e. The molecule has 0 spiro atoms. The Bertz CT molecular complexity index is 253. The molecule has 1 rings (SSSR count).